The van der Waals surface area contributed by atoms with Crippen LogP contribution in [0.4, 0.5) is 17.3 Å². The SMILES string of the molecule is C=CC(=O)Nc1ccc(NCc2ccccc2Cl)[nH+]c1N.[Cl-]. The fourth-order valence-corrected chi connectivity index (χ4v) is 1.94. The molecule has 5 N–H and O–H groups in total. The average molecular weight is 339 g/mol. The van der Waals surface area contributed by atoms with Crippen LogP contribution in [0.5, 0.6) is 0 Å². The normalized spacial score (nSPS) is 9.50. The Labute approximate surface area is 140 Å². The Morgan fingerprint density at radius 2 is 2.05 bits per heavy atom. The Kier molecular flexibility index (Phi) is 6.69. The molecule has 0 saturated heterocycles. The summed E-state index contributed by atoms with van der Waals surface area (Å²) in [5.41, 5.74) is 7.34. The molecule has 0 aliphatic rings. The minimum atomic E-state index is -0.313. The number of pyridine rings is 1. The molecule has 2 aromatic rings. The third-order valence-corrected chi connectivity index (χ3v) is 3.22. The molecule has 0 aliphatic carbocycles. The van der Waals surface area contributed by atoms with E-state index < -0.39 is 0 Å². The summed E-state index contributed by atoms with van der Waals surface area (Å²) in [6.07, 6.45) is 1.18. The minimum absolute atomic E-state index is 0. The lowest BCUT2D eigenvalue weighted by atomic mass is 10.2. The van der Waals surface area contributed by atoms with Crippen LogP contribution < -0.4 is 33.8 Å². The van der Waals surface area contributed by atoms with Gasteiger partial charge in [0.1, 0.15) is 5.69 Å². The summed E-state index contributed by atoms with van der Waals surface area (Å²) in [7, 11) is 0. The number of hydrogen-bond donors (Lipinski definition) is 3. The van der Waals surface area contributed by atoms with Crippen LogP contribution in [0.2, 0.25) is 5.02 Å². The van der Waals surface area contributed by atoms with E-state index in [2.05, 4.69) is 22.2 Å². The molecule has 0 saturated carbocycles. The third-order valence-electron chi connectivity index (χ3n) is 2.85. The second-order valence-corrected chi connectivity index (χ2v) is 4.74. The molecule has 0 aliphatic heterocycles. The van der Waals surface area contributed by atoms with Gasteiger partial charge in [-0.1, -0.05) is 36.4 Å². The predicted molar refractivity (Wildman–Crippen MR) is 85.0 cm³/mol. The Hall–Kier alpha value is -2.24. The lowest BCUT2D eigenvalue weighted by Crippen LogP contribution is -3.00. The highest BCUT2D eigenvalue weighted by Crippen LogP contribution is 2.18. The van der Waals surface area contributed by atoms with E-state index in [-0.39, 0.29) is 18.3 Å². The molecule has 22 heavy (non-hydrogen) atoms. The number of halogens is 2. The molecule has 7 heteroatoms. The molecular weight excluding hydrogens is 323 g/mol. The maximum atomic E-state index is 11.2. The summed E-state index contributed by atoms with van der Waals surface area (Å²) in [6, 6.07) is 11.1. The molecule has 116 valence electrons. The van der Waals surface area contributed by atoms with Crippen molar-refractivity contribution in [3.63, 3.8) is 0 Å². The highest BCUT2D eigenvalue weighted by Gasteiger charge is 2.09. The fraction of sp³-hybridized carbons (Fsp3) is 0.0667. The molecule has 0 spiro atoms. The van der Waals surface area contributed by atoms with Crippen LogP contribution in [-0.4, -0.2) is 5.91 Å². The zero-order valence-corrected chi connectivity index (χ0v) is 13.2. The largest absolute Gasteiger partial charge is 1.00 e. The van der Waals surface area contributed by atoms with Crippen molar-refractivity contribution < 1.29 is 22.2 Å². The molecule has 1 aromatic carbocycles. The van der Waals surface area contributed by atoms with Crippen molar-refractivity contribution >= 4 is 34.8 Å². The number of hydrogen-bond acceptors (Lipinski definition) is 3. The van der Waals surface area contributed by atoms with E-state index in [0.717, 1.165) is 11.4 Å². The van der Waals surface area contributed by atoms with Crippen LogP contribution >= 0.6 is 11.6 Å². The van der Waals surface area contributed by atoms with Crippen molar-refractivity contribution in [3.8, 4) is 0 Å². The van der Waals surface area contributed by atoms with E-state index in [4.69, 9.17) is 17.3 Å². The van der Waals surface area contributed by atoms with Crippen molar-refractivity contribution in [2.45, 2.75) is 6.54 Å². The Morgan fingerprint density at radius 1 is 1.32 bits per heavy atom. The van der Waals surface area contributed by atoms with Crippen LogP contribution in [0.25, 0.3) is 0 Å². The Balaban J connectivity index is 0.00000242. The van der Waals surface area contributed by atoms with E-state index in [9.17, 15) is 4.79 Å². The topological polar surface area (TPSA) is 81.3 Å². The molecule has 2 rings (SSSR count). The standard InChI is InChI=1S/C15H15ClN4O.ClH/c1-2-14(21)19-12-7-8-13(20-15(12)17)18-9-10-5-3-4-6-11(10)16;/h2-8H,1,9H2,(H,19,21)(H3,17,18,20);1H. The number of anilines is 3. The van der Waals surface area contributed by atoms with Gasteiger partial charge in [-0.15, -0.1) is 0 Å². The van der Waals surface area contributed by atoms with Gasteiger partial charge in [0.2, 0.25) is 17.5 Å². The molecule has 0 radical (unpaired) electrons. The number of benzene rings is 1. The lowest BCUT2D eigenvalue weighted by Gasteiger charge is -2.07. The predicted octanol–water partition coefficient (Wildman–Crippen LogP) is -0.523. The first kappa shape index (κ1) is 17.8. The number of amides is 1. The van der Waals surface area contributed by atoms with E-state index in [1.54, 1.807) is 12.1 Å². The Morgan fingerprint density at radius 3 is 2.68 bits per heavy atom. The first-order valence-corrected chi connectivity index (χ1v) is 6.70. The smallest absolute Gasteiger partial charge is 0.247 e. The quantitative estimate of drug-likeness (QED) is 0.641. The van der Waals surface area contributed by atoms with E-state index in [1.807, 2.05) is 24.3 Å². The lowest BCUT2D eigenvalue weighted by molar-refractivity contribution is -0.342. The van der Waals surface area contributed by atoms with Gasteiger partial charge in [-0.05, 0) is 18.2 Å². The minimum Gasteiger partial charge on any atom is -1.00 e. The summed E-state index contributed by atoms with van der Waals surface area (Å²) >= 11 is 6.09. The maximum Gasteiger partial charge on any atom is 0.247 e. The maximum absolute atomic E-state index is 11.2. The van der Waals surface area contributed by atoms with Crippen LogP contribution in [-0.2, 0) is 11.3 Å². The van der Waals surface area contributed by atoms with Gasteiger partial charge in [-0.3, -0.25) is 4.79 Å². The average Bonchev–Trinajstić information content (AvgIpc) is 2.48. The first-order valence-electron chi connectivity index (χ1n) is 6.32. The van der Waals surface area contributed by atoms with Gasteiger partial charge >= 0.3 is 0 Å². The number of nitrogens with two attached hydrogens (primary N) is 1. The molecule has 5 nitrogen and oxygen atoms in total. The molecule has 1 amide bonds. The van der Waals surface area contributed by atoms with Gasteiger partial charge in [-0.2, -0.15) is 0 Å². The molecule has 0 atom stereocenters. The third kappa shape index (κ3) is 4.65. The second-order valence-electron chi connectivity index (χ2n) is 4.34. The summed E-state index contributed by atoms with van der Waals surface area (Å²) in [5.74, 6) is 0.769. The molecular formula is C15H16Cl2N4O. The van der Waals surface area contributed by atoms with Gasteiger partial charge in [0.15, 0.2) is 0 Å². The number of aromatic amines is 1. The summed E-state index contributed by atoms with van der Waals surface area (Å²) < 4.78 is 0. The van der Waals surface area contributed by atoms with Crippen LogP contribution in [0.15, 0.2) is 49.1 Å². The fourth-order valence-electron chi connectivity index (χ4n) is 1.74. The number of nitrogen functional groups attached to an aromatic ring is 1. The summed E-state index contributed by atoms with van der Waals surface area (Å²) in [4.78, 5) is 14.2. The second kappa shape index (κ2) is 8.26. The van der Waals surface area contributed by atoms with Crippen LogP contribution in [0, 0.1) is 0 Å². The molecule has 0 fully saturated rings. The highest BCUT2D eigenvalue weighted by molar-refractivity contribution is 6.31. The van der Waals surface area contributed by atoms with Crippen molar-refractivity contribution in [1.29, 1.82) is 0 Å². The van der Waals surface area contributed by atoms with E-state index >= 15 is 0 Å². The number of nitrogens with one attached hydrogen (secondary N) is 3. The zero-order valence-electron chi connectivity index (χ0n) is 11.7. The van der Waals surface area contributed by atoms with Gasteiger partial charge < -0.3 is 28.8 Å². The molecule has 1 heterocycles. The summed E-state index contributed by atoms with van der Waals surface area (Å²) in [6.45, 7) is 3.95. The van der Waals surface area contributed by atoms with Gasteiger partial charge in [0.05, 0.1) is 6.54 Å². The van der Waals surface area contributed by atoms with Gasteiger partial charge in [0, 0.05) is 16.7 Å². The highest BCUT2D eigenvalue weighted by atomic mass is 35.5. The number of aromatic nitrogens is 1. The van der Waals surface area contributed by atoms with Crippen LogP contribution in [0.1, 0.15) is 5.56 Å². The molecule has 0 unspecified atom stereocenters. The van der Waals surface area contributed by atoms with E-state index in [1.165, 1.54) is 6.08 Å². The zero-order chi connectivity index (χ0) is 15.2. The van der Waals surface area contributed by atoms with Crippen molar-refractivity contribution in [1.82, 2.24) is 0 Å². The van der Waals surface area contributed by atoms with Crippen molar-refractivity contribution in [2.24, 2.45) is 0 Å². The summed E-state index contributed by atoms with van der Waals surface area (Å²) in [5, 5.41) is 6.49. The number of H-pyrrole nitrogens is 1. The van der Waals surface area contributed by atoms with Crippen LogP contribution in [0.3, 0.4) is 0 Å². The monoisotopic (exact) mass is 338 g/mol. The first-order chi connectivity index (χ1) is 10.1. The van der Waals surface area contributed by atoms with E-state index in [0.29, 0.717) is 23.1 Å². The number of carbonyl (C=O) groups excluding carboxylic acids is 1. The van der Waals surface area contributed by atoms with Crippen molar-refractivity contribution in [3.05, 3.63) is 59.6 Å². The van der Waals surface area contributed by atoms with Gasteiger partial charge in [0.25, 0.3) is 0 Å². The van der Waals surface area contributed by atoms with Gasteiger partial charge in [-0.25, -0.2) is 4.98 Å². The Bertz CT molecular complexity index is 676. The molecule has 0 bridgehead atoms. The molecule has 1 aromatic heterocycles. The number of carbonyl (C=O) groups is 1. The van der Waals surface area contributed by atoms with Crippen molar-refractivity contribution in [2.75, 3.05) is 16.4 Å². The number of rotatable bonds is 5.